The molecule has 1 aromatic carbocycles. The molecule has 1 fully saturated rings. The monoisotopic (exact) mass is 377 g/mol. The first-order valence-electron chi connectivity index (χ1n) is 8.44. The van der Waals surface area contributed by atoms with Crippen LogP contribution in [0.2, 0.25) is 0 Å². The number of anilines is 1. The molecule has 0 spiro atoms. The number of hydrogen-bond acceptors (Lipinski definition) is 8. The van der Waals surface area contributed by atoms with E-state index in [1.54, 1.807) is 22.9 Å². The van der Waals surface area contributed by atoms with E-state index in [-0.39, 0.29) is 24.1 Å². The van der Waals surface area contributed by atoms with Crippen molar-refractivity contribution in [3.8, 4) is 11.5 Å². The number of thioether (sulfide) groups is 1. The fraction of sp³-hybridized carbons (Fsp3) is 0.500. The Balaban J connectivity index is 1.36. The van der Waals surface area contributed by atoms with E-state index in [2.05, 4.69) is 20.8 Å². The molecule has 26 heavy (non-hydrogen) atoms. The summed E-state index contributed by atoms with van der Waals surface area (Å²) >= 11 is 1.32. The summed E-state index contributed by atoms with van der Waals surface area (Å²) in [4.78, 5) is 12.5. The smallest absolute Gasteiger partial charge is 0.237 e. The molecule has 0 unspecified atom stereocenters. The van der Waals surface area contributed by atoms with Gasteiger partial charge in [0, 0.05) is 18.4 Å². The minimum atomic E-state index is -0.366. The molecular weight excluding hydrogens is 358 g/mol. The molecule has 0 saturated carbocycles. The molecule has 3 heterocycles. The van der Waals surface area contributed by atoms with Crippen LogP contribution in [-0.4, -0.2) is 50.9 Å². The lowest BCUT2D eigenvalue weighted by Crippen LogP contribution is -2.23. The molecule has 2 aromatic rings. The van der Waals surface area contributed by atoms with Gasteiger partial charge in [0.25, 0.3) is 0 Å². The number of nitrogens with zero attached hydrogens (tertiary/aromatic N) is 4. The fourth-order valence-electron chi connectivity index (χ4n) is 2.81. The number of carbonyl (C=O) groups excluding carboxylic acids is 1. The van der Waals surface area contributed by atoms with Crippen LogP contribution < -0.4 is 14.8 Å². The van der Waals surface area contributed by atoms with Gasteiger partial charge in [0.15, 0.2) is 11.5 Å². The van der Waals surface area contributed by atoms with E-state index in [9.17, 15) is 4.79 Å². The Morgan fingerprint density at radius 1 is 1.42 bits per heavy atom. The third-order valence-electron chi connectivity index (χ3n) is 4.19. The molecule has 4 rings (SSSR count). The lowest BCUT2D eigenvalue weighted by atomic mass is 10.2. The lowest BCUT2D eigenvalue weighted by molar-refractivity contribution is -0.115. The van der Waals surface area contributed by atoms with Crippen LogP contribution in [0.5, 0.6) is 11.5 Å². The first kappa shape index (κ1) is 17.1. The van der Waals surface area contributed by atoms with Crippen LogP contribution in [0.1, 0.15) is 19.8 Å². The van der Waals surface area contributed by atoms with Gasteiger partial charge in [0.05, 0.1) is 17.9 Å². The lowest BCUT2D eigenvalue weighted by Gasteiger charge is -2.13. The van der Waals surface area contributed by atoms with Crippen molar-refractivity contribution < 1.29 is 19.0 Å². The number of tetrazole rings is 1. The maximum Gasteiger partial charge on any atom is 0.237 e. The molecule has 2 aliphatic rings. The minimum Gasteiger partial charge on any atom is -0.454 e. The van der Waals surface area contributed by atoms with Crippen molar-refractivity contribution >= 4 is 23.4 Å². The van der Waals surface area contributed by atoms with E-state index in [1.807, 2.05) is 6.92 Å². The highest BCUT2D eigenvalue weighted by Gasteiger charge is 2.23. The number of amides is 1. The molecule has 1 amide bonds. The highest BCUT2D eigenvalue weighted by Crippen LogP contribution is 2.34. The van der Waals surface area contributed by atoms with Gasteiger partial charge in [-0.1, -0.05) is 11.8 Å². The van der Waals surface area contributed by atoms with E-state index in [1.165, 1.54) is 11.8 Å². The van der Waals surface area contributed by atoms with Crippen molar-refractivity contribution in [2.75, 3.05) is 18.7 Å². The van der Waals surface area contributed by atoms with Gasteiger partial charge >= 0.3 is 0 Å². The van der Waals surface area contributed by atoms with Gasteiger partial charge in [0.2, 0.25) is 17.9 Å². The molecular formula is C16H19N5O4S. The molecule has 9 nitrogen and oxygen atoms in total. The summed E-state index contributed by atoms with van der Waals surface area (Å²) in [6, 6.07) is 5.31. The van der Waals surface area contributed by atoms with Gasteiger partial charge in [-0.3, -0.25) is 4.79 Å². The van der Waals surface area contributed by atoms with Gasteiger partial charge < -0.3 is 19.5 Å². The summed E-state index contributed by atoms with van der Waals surface area (Å²) < 4.78 is 17.9. The summed E-state index contributed by atoms with van der Waals surface area (Å²) in [5.74, 6) is 1.17. The number of aromatic nitrogens is 4. The van der Waals surface area contributed by atoms with E-state index in [0.717, 1.165) is 19.4 Å². The molecule has 1 N–H and O–H groups in total. The summed E-state index contributed by atoms with van der Waals surface area (Å²) in [5.41, 5.74) is 0.658. The van der Waals surface area contributed by atoms with Crippen LogP contribution in [0.3, 0.4) is 0 Å². The van der Waals surface area contributed by atoms with Crippen molar-refractivity contribution in [2.45, 2.75) is 42.8 Å². The topological polar surface area (TPSA) is 100 Å². The molecule has 1 aromatic heterocycles. The average molecular weight is 377 g/mol. The zero-order valence-corrected chi connectivity index (χ0v) is 15.1. The van der Waals surface area contributed by atoms with E-state index < -0.39 is 0 Å². The fourth-order valence-corrected chi connectivity index (χ4v) is 3.61. The molecule has 0 bridgehead atoms. The van der Waals surface area contributed by atoms with E-state index in [4.69, 9.17) is 14.2 Å². The number of nitrogens with one attached hydrogen (secondary N) is 1. The van der Waals surface area contributed by atoms with Gasteiger partial charge in [-0.05, 0) is 42.3 Å². The second-order valence-corrected chi connectivity index (χ2v) is 7.40. The zero-order chi connectivity index (χ0) is 17.9. The summed E-state index contributed by atoms with van der Waals surface area (Å²) in [6.07, 6.45) is 2.20. The largest absolute Gasteiger partial charge is 0.454 e. The number of fused-ring (bicyclic) bond motifs is 1. The molecule has 1 saturated heterocycles. The number of benzene rings is 1. The number of hydrogen-bond donors (Lipinski definition) is 1. The molecule has 138 valence electrons. The van der Waals surface area contributed by atoms with E-state index in [0.29, 0.717) is 28.9 Å². The van der Waals surface area contributed by atoms with Crippen LogP contribution in [-0.2, 0) is 16.1 Å². The number of rotatable bonds is 6. The highest BCUT2D eigenvalue weighted by molar-refractivity contribution is 8.00. The van der Waals surface area contributed by atoms with Crippen molar-refractivity contribution in [3.63, 3.8) is 0 Å². The van der Waals surface area contributed by atoms with Crippen molar-refractivity contribution in [1.29, 1.82) is 0 Å². The average Bonchev–Trinajstić information content (AvgIpc) is 3.37. The first-order valence-corrected chi connectivity index (χ1v) is 9.32. The van der Waals surface area contributed by atoms with Crippen molar-refractivity contribution in [1.82, 2.24) is 20.2 Å². The van der Waals surface area contributed by atoms with Gasteiger partial charge in [-0.25, -0.2) is 4.68 Å². The van der Waals surface area contributed by atoms with Crippen molar-refractivity contribution in [2.24, 2.45) is 0 Å². The molecule has 0 aliphatic carbocycles. The predicted octanol–water partition coefficient (Wildman–Crippen LogP) is 1.70. The maximum atomic E-state index is 12.5. The van der Waals surface area contributed by atoms with Crippen LogP contribution in [0.4, 0.5) is 5.69 Å². The van der Waals surface area contributed by atoms with Crippen LogP contribution >= 0.6 is 11.8 Å². The Morgan fingerprint density at radius 3 is 3.15 bits per heavy atom. The molecule has 2 atom stereocenters. The molecule has 10 heteroatoms. The van der Waals surface area contributed by atoms with Gasteiger partial charge in [0.1, 0.15) is 0 Å². The zero-order valence-electron chi connectivity index (χ0n) is 14.3. The van der Waals surface area contributed by atoms with Crippen LogP contribution in [0, 0.1) is 0 Å². The minimum absolute atomic E-state index is 0.135. The second kappa shape index (κ2) is 7.50. The quantitative estimate of drug-likeness (QED) is 0.759. The Morgan fingerprint density at radius 2 is 2.31 bits per heavy atom. The van der Waals surface area contributed by atoms with Crippen LogP contribution in [0.25, 0.3) is 0 Å². The number of ether oxygens (including phenoxy) is 3. The highest BCUT2D eigenvalue weighted by atomic mass is 32.2. The van der Waals surface area contributed by atoms with Gasteiger partial charge in [-0.15, -0.1) is 5.10 Å². The van der Waals surface area contributed by atoms with Gasteiger partial charge in [-0.2, -0.15) is 0 Å². The Labute approximate surface area is 154 Å². The predicted molar refractivity (Wildman–Crippen MR) is 93.3 cm³/mol. The summed E-state index contributed by atoms with van der Waals surface area (Å²) in [7, 11) is 0. The third kappa shape index (κ3) is 3.75. The van der Waals surface area contributed by atoms with Crippen LogP contribution in [0.15, 0.2) is 23.4 Å². The first-order chi connectivity index (χ1) is 12.7. The third-order valence-corrected chi connectivity index (χ3v) is 5.26. The summed E-state index contributed by atoms with van der Waals surface area (Å²) in [5, 5.41) is 14.9. The van der Waals surface area contributed by atoms with Crippen molar-refractivity contribution in [3.05, 3.63) is 18.2 Å². The molecule has 0 radical (unpaired) electrons. The second-order valence-electron chi connectivity index (χ2n) is 6.10. The SMILES string of the molecule is C[C@H](Sc1nnnn1C[C@@H]1CCCO1)C(=O)Nc1ccc2c(c1)OCO2. The Hall–Kier alpha value is -2.33. The normalized spacial score (nSPS) is 19.5. The molecule has 2 aliphatic heterocycles. The standard InChI is InChI=1S/C16H19N5O4S/c1-10(15(22)17-11-4-5-13-14(7-11)25-9-24-13)26-16-18-19-20-21(16)8-12-3-2-6-23-12/h4-5,7,10,12H,2-3,6,8-9H2,1H3,(H,17,22)/t10-,12-/m0/s1. The number of carbonyl (C=O) groups is 1. The maximum absolute atomic E-state index is 12.5. The van der Waals surface area contributed by atoms with E-state index >= 15 is 0 Å². The Bertz CT molecular complexity index is 793. The summed E-state index contributed by atoms with van der Waals surface area (Å²) in [6.45, 7) is 3.40. The Kier molecular flexibility index (Phi) is 4.93.